The average Bonchev–Trinajstić information content (AvgIpc) is 3.21. The van der Waals surface area contributed by atoms with E-state index in [-0.39, 0.29) is 5.91 Å². The molecule has 0 aliphatic heterocycles. The molecule has 0 fully saturated rings. The van der Waals surface area contributed by atoms with Crippen LogP contribution in [0.4, 0.5) is 0 Å². The zero-order valence-electron chi connectivity index (χ0n) is 14.5. The van der Waals surface area contributed by atoms with Crippen LogP contribution < -0.4 is 5.32 Å². The van der Waals surface area contributed by atoms with Crippen LogP contribution in [0.1, 0.15) is 36.0 Å². The Morgan fingerprint density at radius 1 is 1.40 bits per heavy atom. The first-order valence-corrected chi connectivity index (χ1v) is 9.43. The lowest BCUT2D eigenvalue weighted by Gasteiger charge is -2.05. The normalized spacial score (nSPS) is 11.1. The standard InChI is InChI=1S/C18H22N4O2S/c1-3-4-5-16-21-14-12-13(6-7-15(14)24-16)17(23)19-9-11-25-18-20-8-10-22(18)2/h6-8,10,12H,3-5,9,11H2,1-2H3,(H,19,23). The number of rotatable bonds is 8. The van der Waals surface area contributed by atoms with Crippen LogP contribution in [-0.4, -0.2) is 32.7 Å². The minimum atomic E-state index is -0.0968. The molecule has 1 amide bonds. The maximum absolute atomic E-state index is 12.3. The first-order chi connectivity index (χ1) is 12.2. The number of amides is 1. The van der Waals surface area contributed by atoms with Gasteiger partial charge in [0.1, 0.15) is 5.52 Å². The van der Waals surface area contributed by atoms with Gasteiger partial charge in [0.25, 0.3) is 5.91 Å². The third-order valence-corrected chi connectivity index (χ3v) is 4.89. The number of carbonyl (C=O) groups is 1. The summed E-state index contributed by atoms with van der Waals surface area (Å²) in [6.45, 7) is 2.71. The molecule has 0 saturated carbocycles. The number of hydrogen-bond donors (Lipinski definition) is 1. The lowest BCUT2D eigenvalue weighted by Crippen LogP contribution is -2.25. The maximum atomic E-state index is 12.3. The number of unbranched alkanes of at least 4 members (excludes halogenated alkanes) is 1. The van der Waals surface area contributed by atoms with Crippen LogP contribution in [0.25, 0.3) is 11.1 Å². The predicted octanol–water partition coefficient (Wildman–Crippen LogP) is 3.43. The molecular formula is C18H22N4O2S. The predicted molar refractivity (Wildman–Crippen MR) is 98.9 cm³/mol. The fourth-order valence-electron chi connectivity index (χ4n) is 2.45. The molecule has 0 saturated heterocycles. The molecule has 6 nitrogen and oxygen atoms in total. The number of imidazole rings is 1. The van der Waals surface area contributed by atoms with Crippen LogP contribution in [-0.2, 0) is 13.5 Å². The third-order valence-electron chi connectivity index (χ3n) is 3.83. The van der Waals surface area contributed by atoms with Gasteiger partial charge in [-0.2, -0.15) is 0 Å². The molecule has 0 radical (unpaired) electrons. The highest BCUT2D eigenvalue weighted by Gasteiger charge is 2.10. The summed E-state index contributed by atoms with van der Waals surface area (Å²) in [6, 6.07) is 5.38. The highest BCUT2D eigenvalue weighted by atomic mass is 32.2. The van der Waals surface area contributed by atoms with Gasteiger partial charge in [-0.15, -0.1) is 0 Å². The Morgan fingerprint density at radius 2 is 2.28 bits per heavy atom. The first-order valence-electron chi connectivity index (χ1n) is 8.45. The molecule has 132 valence electrons. The van der Waals surface area contributed by atoms with Crippen molar-refractivity contribution in [2.24, 2.45) is 7.05 Å². The number of carbonyl (C=O) groups excluding carboxylic acids is 1. The van der Waals surface area contributed by atoms with E-state index in [1.807, 2.05) is 23.9 Å². The van der Waals surface area contributed by atoms with Gasteiger partial charge in [-0.05, 0) is 24.6 Å². The van der Waals surface area contributed by atoms with Crippen LogP contribution in [0.5, 0.6) is 0 Å². The van der Waals surface area contributed by atoms with Gasteiger partial charge < -0.3 is 14.3 Å². The number of benzene rings is 1. The topological polar surface area (TPSA) is 73.0 Å². The van der Waals surface area contributed by atoms with Gasteiger partial charge >= 0.3 is 0 Å². The largest absolute Gasteiger partial charge is 0.441 e. The van der Waals surface area contributed by atoms with Crippen molar-refractivity contribution < 1.29 is 9.21 Å². The summed E-state index contributed by atoms with van der Waals surface area (Å²) in [4.78, 5) is 21.0. The van der Waals surface area contributed by atoms with Crippen LogP contribution >= 0.6 is 11.8 Å². The van der Waals surface area contributed by atoms with E-state index in [1.165, 1.54) is 0 Å². The molecule has 25 heavy (non-hydrogen) atoms. The van der Waals surface area contributed by atoms with Gasteiger partial charge in [0.15, 0.2) is 16.6 Å². The van der Waals surface area contributed by atoms with Crippen LogP contribution in [0, 0.1) is 0 Å². The molecule has 0 bridgehead atoms. The Labute approximate surface area is 151 Å². The molecular weight excluding hydrogens is 336 g/mol. The summed E-state index contributed by atoms with van der Waals surface area (Å²) < 4.78 is 7.66. The molecule has 1 aromatic carbocycles. The van der Waals surface area contributed by atoms with Crippen LogP contribution in [0.2, 0.25) is 0 Å². The zero-order valence-corrected chi connectivity index (χ0v) is 15.3. The number of aryl methyl sites for hydroxylation is 2. The Balaban J connectivity index is 1.55. The molecule has 0 aliphatic carbocycles. The molecule has 1 N–H and O–H groups in total. The SMILES string of the molecule is CCCCc1nc2cc(C(=O)NCCSc3nccn3C)ccc2o1. The van der Waals surface area contributed by atoms with Crippen molar-refractivity contribution in [3.63, 3.8) is 0 Å². The van der Waals surface area contributed by atoms with Crippen molar-refractivity contribution in [2.45, 2.75) is 31.3 Å². The smallest absolute Gasteiger partial charge is 0.251 e. The summed E-state index contributed by atoms with van der Waals surface area (Å²) in [5.41, 5.74) is 2.07. The highest BCUT2D eigenvalue weighted by Crippen LogP contribution is 2.19. The lowest BCUT2D eigenvalue weighted by molar-refractivity contribution is 0.0956. The minimum absolute atomic E-state index is 0.0968. The van der Waals surface area contributed by atoms with E-state index < -0.39 is 0 Å². The van der Waals surface area contributed by atoms with E-state index in [4.69, 9.17) is 4.42 Å². The van der Waals surface area contributed by atoms with Gasteiger partial charge in [0.2, 0.25) is 0 Å². The highest BCUT2D eigenvalue weighted by molar-refractivity contribution is 7.99. The maximum Gasteiger partial charge on any atom is 0.251 e. The van der Waals surface area contributed by atoms with Gasteiger partial charge in [0.05, 0.1) is 0 Å². The summed E-state index contributed by atoms with van der Waals surface area (Å²) in [5.74, 6) is 1.41. The molecule has 0 spiro atoms. The number of thioether (sulfide) groups is 1. The first kappa shape index (κ1) is 17.5. The Bertz CT molecular complexity index is 856. The summed E-state index contributed by atoms with van der Waals surface area (Å²) in [6.07, 6.45) is 6.65. The number of aromatic nitrogens is 3. The molecule has 0 aliphatic rings. The molecule has 3 rings (SSSR count). The molecule has 2 heterocycles. The summed E-state index contributed by atoms with van der Waals surface area (Å²) in [5, 5.41) is 3.87. The molecule has 2 aromatic heterocycles. The Kier molecular flexibility index (Phi) is 5.75. The summed E-state index contributed by atoms with van der Waals surface area (Å²) >= 11 is 1.61. The van der Waals surface area contributed by atoms with Crippen LogP contribution in [0.3, 0.4) is 0 Å². The number of oxazole rings is 1. The second-order valence-corrected chi connectivity index (χ2v) is 6.88. The average molecular weight is 358 g/mol. The van der Waals surface area contributed by atoms with Crippen molar-refractivity contribution in [1.82, 2.24) is 19.9 Å². The zero-order chi connectivity index (χ0) is 17.6. The monoisotopic (exact) mass is 358 g/mol. The molecule has 7 heteroatoms. The van der Waals surface area contributed by atoms with Crippen molar-refractivity contribution in [2.75, 3.05) is 12.3 Å². The second kappa shape index (κ2) is 8.20. The fourth-order valence-corrected chi connectivity index (χ4v) is 3.24. The fraction of sp³-hybridized carbons (Fsp3) is 0.389. The summed E-state index contributed by atoms with van der Waals surface area (Å²) in [7, 11) is 1.95. The third kappa shape index (κ3) is 4.42. The lowest BCUT2D eigenvalue weighted by atomic mass is 10.2. The number of nitrogens with one attached hydrogen (secondary N) is 1. The van der Waals surface area contributed by atoms with E-state index in [0.717, 1.165) is 47.2 Å². The van der Waals surface area contributed by atoms with Gasteiger partial charge in [0, 0.05) is 43.7 Å². The van der Waals surface area contributed by atoms with E-state index in [1.54, 1.807) is 30.1 Å². The van der Waals surface area contributed by atoms with Gasteiger partial charge in [-0.3, -0.25) is 4.79 Å². The quantitative estimate of drug-likeness (QED) is 0.493. The van der Waals surface area contributed by atoms with Gasteiger partial charge in [-0.1, -0.05) is 25.1 Å². The van der Waals surface area contributed by atoms with E-state index in [2.05, 4.69) is 22.2 Å². The van der Waals surface area contributed by atoms with Crippen LogP contribution in [0.15, 0.2) is 40.2 Å². The Hall–Kier alpha value is -2.28. The van der Waals surface area contributed by atoms with E-state index >= 15 is 0 Å². The van der Waals surface area contributed by atoms with Crippen molar-refractivity contribution in [1.29, 1.82) is 0 Å². The van der Waals surface area contributed by atoms with Crippen molar-refractivity contribution in [3.8, 4) is 0 Å². The van der Waals surface area contributed by atoms with E-state index in [0.29, 0.717) is 12.1 Å². The molecule has 3 aromatic rings. The second-order valence-electron chi connectivity index (χ2n) is 5.82. The van der Waals surface area contributed by atoms with E-state index in [9.17, 15) is 4.79 Å². The molecule has 0 atom stereocenters. The van der Waals surface area contributed by atoms with Gasteiger partial charge in [-0.25, -0.2) is 9.97 Å². The minimum Gasteiger partial charge on any atom is -0.441 e. The molecule has 0 unspecified atom stereocenters. The Morgan fingerprint density at radius 3 is 3.04 bits per heavy atom. The number of fused-ring (bicyclic) bond motifs is 1. The number of nitrogens with zero attached hydrogens (tertiary/aromatic N) is 3. The van der Waals surface area contributed by atoms with Crippen molar-refractivity contribution in [3.05, 3.63) is 42.0 Å². The van der Waals surface area contributed by atoms with Crippen molar-refractivity contribution >= 4 is 28.8 Å². The number of hydrogen-bond acceptors (Lipinski definition) is 5.